The minimum Gasteiger partial charge on any atom is -0.382 e. The monoisotopic (exact) mass is 280 g/mol. The van der Waals surface area contributed by atoms with E-state index in [9.17, 15) is 8.78 Å². The zero-order valence-corrected chi connectivity index (χ0v) is 12.1. The van der Waals surface area contributed by atoms with E-state index < -0.39 is 11.6 Å². The topological polar surface area (TPSA) is 15.3 Å². The highest BCUT2D eigenvalue weighted by Crippen LogP contribution is 2.18. The van der Waals surface area contributed by atoms with Crippen molar-refractivity contribution in [3.05, 3.63) is 41.5 Å². The highest BCUT2D eigenvalue weighted by Gasteiger charge is 2.18. The van der Waals surface area contributed by atoms with Crippen molar-refractivity contribution in [3.8, 4) is 0 Å². The third kappa shape index (κ3) is 4.60. The Balaban J connectivity index is 1.83. The zero-order valence-electron chi connectivity index (χ0n) is 12.1. The molecule has 0 radical (unpaired) electrons. The van der Waals surface area contributed by atoms with Crippen LogP contribution in [0, 0.1) is 11.6 Å². The molecule has 1 saturated heterocycles. The van der Waals surface area contributed by atoms with E-state index in [-0.39, 0.29) is 0 Å². The van der Waals surface area contributed by atoms with Crippen molar-refractivity contribution < 1.29 is 8.78 Å². The van der Waals surface area contributed by atoms with Crippen molar-refractivity contribution in [1.29, 1.82) is 0 Å². The Morgan fingerprint density at radius 1 is 1.20 bits per heavy atom. The van der Waals surface area contributed by atoms with Crippen LogP contribution in [0.25, 0.3) is 0 Å². The largest absolute Gasteiger partial charge is 0.382 e. The Bertz CT molecular complexity index is 453. The van der Waals surface area contributed by atoms with Crippen LogP contribution in [0.5, 0.6) is 0 Å². The SMILES string of the molecule is CC(C)=CCN1CCC(Nc2cc(F)cc(F)c2)CC1. The number of nitrogens with zero attached hydrogens (tertiary/aromatic N) is 1. The van der Waals surface area contributed by atoms with Crippen molar-refractivity contribution in [2.75, 3.05) is 25.0 Å². The van der Waals surface area contributed by atoms with Gasteiger partial charge in [0.15, 0.2) is 0 Å². The molecule has 1 aliphatic heterocycles. The smallest absolute Gasteiger partial charge is 0.128 e. The minimum atomic E-state index is -0.534. The maximum absolute atomic E-state index is 13.1. The minimum absolute atomic E-state index is 0.291. The lowest BCUT2D eigenvalue weighted by Gasteiger charge is -2.32. The summed E-state index contributed by atoms with van der Waals surface area (Å²) in [6, 6.07) is 3.88. The Hall–Kier alpha value is -1.42. The summed E-state index contributed by atoms with van der Waals surface area (Å²) in [7, 11) is 0. The van der Waals surface area contributed by atoms with E-state index in [1.54, 1.807) is 0 Å². The highest BCUT2D eigenvalue weighted by molar-refractivity contribution is 5.44. The molecule has 1 aromatic carbocycles. The van der Waals surface area contributed by atoms with Gasteiger partial charge >= 0.3 is 0 Å². The molecule has 1 aliphatic rings. The Morgan fingerprint density at radius 2 is 1.80 bits per heavy atom. The molecule has 0 spiro atoms. The van der Waals surface area contributed by atoms with Gasteiger partial charge in [-0.05, 0) is 38.8 Å². The van der Waals surface area contributed by atoms with Crippen LogP contribution in [0.3, 0.4) is 0 Å². The van der Waals surface area contributed by atoms with E-state index in [0.717, 1.165) is 38.5 Å². The molecule has 0 aliphatic carbocycles. The molecule has 0 atom stereocenters. The number of hydrogen-bond donors (Lipinski definition) is 1. The molecule has 0 unspecified atom stereocenters. The predicted molar refractivity (Wildman–Crippen MR) is 78.9 cm³/mol. The number of likely N-dealkylation sites (tertiary alicyclic amines) is 1. The number of rotatable bonds is 4. The molecule has 4 heteroatoms. The molecule has 0 bridgehead atoms. The molecular weight excluding hydrogens is 258 g/mol. The van der Waals surface area contributed by atoms with E-state index in [4.69, 9.17) is 0 Å². The highest BCUT2D eigenvalue weighted by atomic mass is 19.1. The normalized spacial score (nSPS) is 17.0. The van der Waals surface area contributed by atoms with Gasteiger partial charge in [-0.25, -0.2) is 8.78 Å². The first-order valence-electron chi connectivity index (χ1n) is 7.11. The fraction of sp³-hybridized carbons (Fsp3) is 0.500. The second-order valence-corrected chi connectivity index (χ2v) is 5.66. The molecule has 2 rings (SSSR count). The van der Waals surface area contributed by atoms with E-state index in [1.165, 1.54) is 17.7 Å². The second-order valence-electron chi connectivity index (χ2n) is 5.66. The van der Waals surface area contributed by atoms with Crippen molar-refractivity contribution in [2.24, 2.45) is 0 Å². The third-order valence-corrected chi connectivity index (χ3v) is 3.58. The van der Waals surface area contributed by atoms with Crippen molar-refractivity contribution in [3.63, 3.8) is 0 Å². The number of hydrogen-bond acceptors (Lipinski definition) is 2. The summed E-state index contributed by atoms with van der Waals surface area (Å²) in [5.74, 6) is -1.07. The van der Waals surface area contributed by atoms with Gasteiger partial charge in [-0.3, -0.25) is 4.90 Å². The standard InChI is InChI=1S/C16H22F2N2/c1-12(2)3-6-20-7-4-15(5-8-20)19-16-10-13(17)9-14(18)11-16/h3,9-11,15,19H,4-8H2,1-2H3. The summed E-state index contributed by atoms with van der Waals surface area (Å²) >= 11 is 0. The van der Waals surface area contributed by atoms with E-state index in [1.807, 2.05) is 0 Å². The van der Waals surface area contributed by atoms with Crippen LogP contribution in [-0.4, -0.2) is 30.6 Å². The lowest BCUT2D eigenvalue weighted by atomic mass is 10.0. The average molecular weight is 280 g/mol. The maximum atomic E-state index is 13.1. The lowest BCUT2D eigenvalue weighted by molar-refractivity contribution is 0.240. The van der Waals surface area contributed by atoms with Gasteiger partial charge in [0, 0.05) is 37.4 Å². The molecule has 1 heterocycles. The van der Waals surface area contributed by atoms with Crippen LogP contribution < -0.4 is 5.32 Å². The van der Waals surface area contributed by atoms with Gasteiger partial charge < -0.3 is 5.32 Å². The van der Waals surface area contributed by atoms with Gasteiger partial charge in [0.25, 0.3) is 0 Å². The molecule has 2 nitrogen and oxygen atoms in total. The number of anilines is 1. The quantitative estimate of drug-likeness (QED) is 0.844. The first-order valence-corrected chi connectivity index (χ1v) is 7.11. The van der Waals surface area contributed by atoms with Gasteiger partial charge in [0.2, 0.25) is 0 Å². The summed E-state index contributed by atoms with van der Waals surface area (Å²) in [5.41, 5.74) is 1.87. The molecule has 0 saturated carbocycles. The molecule has 1 fully saturated rings. The van der Waals surface area contributed by atoms with E-state index >= 15 is 0 Å². The lowest BCUT2D eigenvalue weighted by Crippen LogP contribution is -2.39. The number of benzene rings is 1. The van der Waals surface area contributed by atoms with Gasteiger partial charge in [-0.1, -0.05) is 11.6 Å². The molecule has 0 aromatic heterocycles. The number of nitrogens with one attached hydrogen (secondary N) is 1. The number of allylic oxidation sites excluding steroid dienone is 1. The summed E-state index contributed by atoms with van der Waals surface area (Å²) in [6.45, 7) is 7.22. The first-order chi connectivity index (χ1) is 9.52. The van der Waals surface area contributed by atoms with Gasteiger partial charge in [0.05, 0.1) is 0 Å². The summed E-state index contributed by atoms with van der Waals surface area (Å²) in [5, 5.41) is 3.23. The Morgan fingerprint density at radius 3 is 2.35 bits per heavy atom. The molecule has 110 valence electrons. The second kappa shape index (κ2) is 6.84. The van der Waals surface area contributed by atoms with Crippen LogP contribution in [0.15, 0.2) is 29.8 Å². The van der Waals surface area contributed by atoms with Crippen LogP contribution in [0.2, 0.25) is 0 Å². The molecule has 20 heavy (non-hydrogen) atoms. The van der Waals surface area contributed by atoms with Crippen molar-refractivity contribution in [1.82, 2.24) is 4.90 Å². The van der Waals surface area contributed by atoms with Crippen molar-refractivity contribution >= 4 is 5.69 Å². The fourth-order valence-electron chi connectivity index (χ4n) is 2.44. The Labute approximate surface area is 119 Å². The first kappa shape index (κ1) is 15.0. The zero-order chi connectivity index (χ0) is 14.5. The van der Waals surface area contributed by atoms with Crippen molar-refractivity contribution in [2.45, 2.75) is 32.7 Å². The van der Waals surface area contributed by atoms with Crippen LogP contribution in [0.4, 0.5) is 14.5 Å². The average Bonchev–Trinajstić information content (AvgIpc) is 2.36. The fourth-order valence-corrected chi connectivity index (χ4v) is 2.44. The predicted octanol–water partition coefficient (Wildman–Crippen LogP) is 3.81. The molecular formula is C16H22F2N2. The summed E-state index contributed by atoms with van der Waals surface area (Å²) < 4.78 is 26.3. The summed E-state index contributed by atoms with van der Waals surface area (Å²) in [4.78, 5) is 2.40. The molecule has 1 aromatic rings. The number of piperidine rings is 1. The van der Waals surface area contributed by atoms with Gasteiger partial charge in [0.1, 0.15) is 11.6 Å². The number of halogens is 2. The van der Waals surface area contributed by atoms with Crippen LogP contribution in [0.1, 0.15) is 26.7 Å². The maximum Gasteiger partial charge on any atom is 0.128 e. The van der Waals surface area contributed by atoms with E-state index in [2.05, 4.69) is 30.1 Å². The molecule has 0 amide bonds. The van der Waals surface area contributed by atoms with Gasteiger partial charge in [-0.15, -0.1) is 0 Å². The third-order valence-electron chi connectivity index (χ3n) is 3.58. The molecule has 1 N–H and O–H groups in total. The summed E-state index contributed by atoms with van der Waals surface area (Å²) in [6.07, 6.45) is 4.22. The van der Waals surface area contributed by atoms with Gasteiger partial charge in [-0.2, -0.15) is 0 Å². The Kier molecular flexibility index (Phi) is 5.12. The van der Waals surface area contributed by atoms with Crippen LogP contribution in [-0.2, 0) is 0 Å². The van der Waals surface area contributed by atoms with E-state index in [0.29, 0.717) is 11.7 Å². The van der Waals surface area contributed by atoms with Crippen LogP contribution >= 0.6 is 0 Å².